The van der Waals surface area contributed by atoms with E-state index in [0.29, 0.717) is 5.69 Å². The largest absolute Gasteiger partial charge is 0.399 e. The minimum absolute atomic E-state index is 0.650. The van der Waals surface area contributed by atoms with Gasteiger partial charge in [0.15, 0.2) is 0 Å². The van der Waals surface area contributed by atoms with Gasteiger partial charge in [-0.2, -0.15) is 5.10 Å². The second kappa shape index (κ2) is 2.82. The van der Waals surface area contributed by atoms with Crippen LogP contribution in [-0.2, 0) is 0 Å². The fraction of sp³-hybridized carbons (Fsp3) is 0. The number of nitrogens with zero attached hydrogens (tertiary/aromatic N) is 2. The first-order chi connectivity index (χ1) is 6.25. The van der Waals surface area contributed by atoms with Gasteiger partial charge in [-0.25, -0.2) is 4.68 Å². The predicted octanol–water partition coefficient (Wildman–Crippen LogP) is 1.04. The van der Waals surface area contributed by atoms with Gasteiger partial charge >= 0.3 is 0 Å². The molecule has 1 aromatic heterocycles. The summed E-state index contributed by atoms with van der Waals surface area (Å²) in [6.45, 7) is 0. The van der Waals surface area contributed by atoms with Crippen molar-refractivity contribution in [1.29, 1.82) is 0 Å². The SMILES string of the molecule is Nc1ccc(-n2cc(N)cn2)cc1. The van der Waals surface area contributed by atoms with Crippen LogP contribution in [0.4, 0.5) is 11.4 Å². The van der Waals surface area contributed by atoms with Gasteiger partial charge in [-0.15, -0.1) is 0 Å². The Morgan fingerprint density at radius 2 is 1.69 bits per heavy atom. The first kappa shape index (κ1) is 7.67. The maximum atomic E-state index is 5.56. The number of nitrogens with two attached hydrogens (primary N) is 2. The van der Waals surface area contributed by atoms with Crippen molar-refractivity contribution in [3.8, 4) is 5.69 Å². The molecule has 66 valence electrons. The normalized spacial score (nSPS) is 10.2. The lowest BCUT2D eigenvalue weighted by Crippen LogP contribution is -1.94. The fourth-order valence-corrected chi connectivity index (χ4v) is 1.10. The summed E-state index contributed by atoms with van der Waals surface area (Å²) in [6.07, 6.45) is 3.36. The Bertz CT molecular complexity index is 402. The molecule has 0 aliphatic carbocycles. The molecule has 1 heterocycles. The van der Waals surface area contributed by atoms with E-state index in [4.69, 9.17) is 11.5 Å². The van der Waals surface area contributed by atoms with E-state index in [1.165, 1.54) is 0 Å². The zero-order valence-electron chi connectivity index (χ0n) is 7.01. The summed E-state index contributed by atoms with van der Waals surface area (Å²) in [4.78, 5) is 0. The summed E-state index contributed by atoms with van der Waals surface area (Å²) in [5.41, 5.74) is 13.4. The number of hydrogen-bond acceptors (Lipinski definition) is 3. The molecule has 0 atom stereocenters. The molecule has 4 heteroatoms. The number of anilines is 2. The number of nitrogen functional groups attached to an aromatic ring is 2. The molecular formula is C9H10N4. The Hall–Kier alpha value is -1.97. The molecule has 4 N–H and O–H groups in total. The monoisotopic (exact) mass is 174 g/mol. The average molecular weight is 174 g/mol. The maximum Gasteiger partial charge on any atom is 0.0724 e. The van der Waals surface area contributed by atoms with Crippen molar-refractivity contribution in [2.75, 3.05) is 11.5 Å². The van der Waals surface area contributed by atoms with E-state index in [2.05, 4.69) is 5.10 Å². The smallest absolute Gasteiger partial charge is 0.0724 e. The van der Waals surface area contributed by atoms with Crippen LogP contribution < -0.4 is 11.5 Å². The average Bonchev–Trinajstić information content (AvgIpc) is 2.53. The van der Waals surface area contributed by atoms with Crippen molar-refractivity contribution in [2.45, 2.75) is 0 Å². The van der Waals surface area contributed by atoms with Crippen LogP contribution >= 0.6 is 0 Å². The highest BCUT2D eigenvalue weighted by atomic mass is 15.3. The molecule has 0 bridgehead atoms. The highest BCUT2D eigenvalue weighted by Crippen LogP contribution is 2.11. The van der Waals surface area contributed by atoms with Crippen molar-refractivity contribution in [3.05, 3.63) is 36.7 Å². The summed E-state index contributed by atoms with van der Waals surface area (Å²) in [5, 5.41) is 4.07. The molecule has 2 aromatic rings. The van der Waals surface area contributed by atoms with Crippen molar-refractivity contribution in [2.24, 2.45) is 0 Å². The molecule has 0 fully saturated rings. The third-order valence-electron chi connectivity index (χ3n) is 1.76. The zero-order chi connectivity index (χ0) is 9.26. The molecule has 4 nitrogen and oxygen atoms in total. The summed E-state index contributed by atoms with van der Waals surface area (Å²) in [5.74, 6) is 0. The molecule has 0 amide bonds. The number of hydrogen-bond donors (Lipinski definition) is 2. The van der Waals surface area contributed by atoms with Crippen LogP contribution in [0.15, 0.2) is 36.7 Å². The van der Waals surface area contributed by atoms with E-state index in [1.807, 2.05) is 24.3 Å². The van der Waals surface area contributed by atoms with Gasteiger partial charge in [0, 0.05) is 5.69 Å². The van der Waals surface area contributed by atoms with Gasteiger partial charge in [0.05, 0.1) is 23.8 Å². The van der Waals surface area contributed by atoms with Gasteiger partial charge in [-0.05, 0) is 24.3 Å². The standard InChI is InChI=1S/C9H10N4/c10-7-1-3-9(4-2-7)13-6-8(11)5-12-13/h1-6H,10-11H2. The molecule has 0 radical (unpaired) electrons. The van der Waals surface area contributed by atoms with E-state index in [1.54, 1.807) is 17.1 Å². The molecular weight excluding hydrogens is 164 g/mol. The Morgan fingerprint density at radius 1 is 1.00 bits per heavy atom. The molecule has 1 aromatic carbocycles. The Labute approximate surface area is 75.8 Å². The molecule has 0 aliphatic rings. The second-order valence-electron chi connectivity index (χ2n) is 2.81. The van der Waals surface area contributed by atoms with Gasteiger partial charge in [0.1, 0.15) is 0 Å². The lowest BCUT2D eigenvalue weighted by Gasteiger charge is -2.00. The fourth-order valence-electron chi connectivity index (χ4n) is 1.10. The van der Waals surface area contributed by atoms with Crippen LogP contribution in [0.2, 0.25) is 0 Å². The predicted molar refractivity (Wildman–Crippen MR) is 52.4 cm³/mol. The highest BCUT2D eigenvalue weighted by Gasteiger charge is 1.96. The highest BCUT2D eigenvalue weighted by molar-refractivity contribution is 5.46. The van der Waals surface area contributed by atoms with Gasteiger partial charge in [0.25, 0.3) is 0 Å². The lowest BCUT2D eigenvalue weighted by molar-refractivity contribution is 0.881. The molecule has 13 heavy (non-hydrogen) atoms. The Morgan fingerprint density at radius 3 is 2.23 bits per heavy atom. The first-order valence-electron chi connectivity index (χ1n) is 3.92. The van der Waals surface area contributed by atoms with Gasteiger partial charge in [0.2, 0.25) is 0 Å². The number of benzene rings is 1. The maximum absolute atomic E-state index is 5.56. The molecule has 0 saturated carbocycles. The van der Waals surface area contributed by atoms with Crippen molar-refractivity contribution < 1.29 is 0 Å². The number of aromatic nitrogens is 2. The molecule has 0 saturated heterocycles. The van der Waals surface area contributed by atoms with Crippen LogP contribution in [0, 0.1) is 0 Å². The van der Waals surface area contributed by atoms with E-state index >= 15 is 0 Å². The summed E-state index contributed by atoms with van der Waals surface area (Å²) in [6, 6.07) is 7.43. The van der Waals surface area contributed by atoms with Gasteiger partial charge < -0.3 is 11.5 Å². The van der Waals surface area contributed by atoms with E-state index in [9.17, 15) is 0 Å². The second-order valence-corrected chi connectivity index (χ2v) is 2.81. The summed E-state index contributed by atoms with van der Waals surface area (Å²) in [7, 11) is 0. The zero-order valence-corrected chi connectivity index (χ0v) is 7.01. The summed E-state index contributed by atoms with van der Waals surface area (Å²) < 4.78 is 1.70. The quantitative estimate of drug-likeness (QED) is 0.634. The minimum Gasteiger partial charge on any atom is -0.399 e. The Kier molecular flexibility index (Phi) is 1.66. The van der Waals surface area contributed by atoms with Gasteiger partial charge in [-0.3, -0.25) is 0 Å². The molecule has 0 spiro atoms. The third kappa shape index (κ3) is 1.46. The molecule has 0 aliphatic heterocycles. The third-order valence-corrected chi connectivity index (χ3v) is 1.76. The lowest BCUT2D eigenvalue weighted by atomic mass is 10.3. The minimum atomic E-state index is 0.650. The first-order valence-corrected chi connectivity index (χ1v) is 3.92. The van der Waals surface area contributed by atoms with Crippen LogP contribution in [-0.4, -0.2) is 9.78 Å². The van der Waals surface area contributed by atoms with E-state index in [-0.39, 0.29) is 0 Å². The van der Waals surface area contributed by atoms with Gasteiger partial charge in [-0.1, -0.05) is 0 Å². The summed E-state index contributed by atoms with van der Waals surface area (Å²) >= 11 is 0. The topological polar surface area (TPSA) is 69.9 Å². The number of rotatable bonds is 1. The molecule has 0 unspecified atom stereocenters. The van der Waals surface area contributed by atoms with Crippen LogP contribution in [0.3, 0.4) is 0 Å². The van der Waals surface area contributed by atoms with Crippen LogP contribution in [0.5, 0.6) is 0 Å². The van der Waals surface area contributed by atoms with E-state index < -0.39 is 0 Å². The van der Waals surface area contributed by atoms with E-state index in [0.717, 1.165) is 11.4 Å². The Balaban J connectivity index is 2.41. The van der Waals surface area contributed by atoms with Crippen molar-refractivity contribution >= 4 is 11.4 Å². The van der Waals surface area contributed by atoms with Crippen LogP contribution in [0.1, 0.15) is 0 Å². The van der Waals surface area contributed by atoms with Crippen molar-refractivity contribution in [3.63, 3.8) is 0 Å². The van der Waals surface area contributed by atoms with Crippen molar-refractivity contribution in [1.82, 2.24) is 9.78 Å². The molecule has 2 rings (SSSR count). The van der Waals surface area contributed by atoms with Crippen LogP contribution in [0.25, 0.3) is 5.69 Å².